The van der Waals surface area contributed by atoms with Crippen molar-refractivity contribution in [2.75, 3.05) is 13.2 Å². The first-order valence-electron chi connectivity index (χ1n) is 5.51. The topological polar surface area (TPSA) is 62.2 Å². The Labute approximate surface area is 94.7 Å². The molecule has 4 heteroatoms. The van der Waals surface area contributed by atoms with Crippen molar-refractivity contribution >= 4 is 5.91 Å². The van der Waals surface area contributed by atoms with E-state index in [-0.39, 0.29) is 17.9 Å². The number of hydrogen-bond acceptors (Lipinski definition) is 3. The largest absolute Gasteiger partial charge is 0.396 e. The number of hydrogen-bond donors (Lipinski definition) is 2. The quantitative estimate of drug-likeness (QED) is 0.760. The molecule has 0 spiro atoms. The molecule has 1 aliphatic carbocycles. The Kier molecular flexibility index (Phi) is 3.19. The molecular weight excluding hydrogens is 204 g/mol. The molecule has 0 bridgehead atoms. The van der Waals surface area contributed by atoms with E-state index < -0.39 is 0 Å². The van der Waals surface area contributed by atoms with Crippen LogP contribution in [0.3, 0.4) is 0 Å². The Morgan fingerprint density at radius 2 is 2.12 bits per heavy atom. The Morgan fingerprint density at radius 1 is 1.44 bits per heavy atom. The summed E-state index contributed by atoms with van der Waals surface area (Å²) in [5.74, 6) is 0.00549. The summed E-state index contributed by atoms with van der Waals surface area (Å²) in [6, 6.07) is 3.66. The van der Waals surface area contributed by atoms with Gasteiger partial charge < -0.3 is 10.4 Å². The van der Waals surface area contributed by atoms with Gasteiger partial charge in [0, 0.05) is 24.4 Å². The van der Waals surface area contributed by atoms with Crippen LogP contribution in [-0.2, 0) is 11.2 Å². The molecule has 0 aliphatic heterocycles. The fraction of sp³-hybridized carbons (Fsp3) is 0.500. The number of aliphatic hydroxyl groups is 1. The fourth-order valence-electron chi connectivity index (χ4n) is 1.60. The van der Waals surface area contributed by atoms with E-state index in [1.165, 1.54) is 0 Å². The van der Waals surface area contributed by atoms with E-state index in [9.17, 15) is 4.79 Å². The number of nitrogens with zero attached hydrogens (tertiary/aromatic N) is 1. The first-order chi connectivity index (χ1) is 7.74. The van der Waals surface area contributed by atoms with Gasteiger partial charge in [-0.2, -0.15) is 0 Å². The maximum atomic E-state index is 11.6. The molecule has 4 nitrogen and oxygen atoms in total. The van der Waals surface area contributed by atoms with Crippen molar-refractivity contribution in [1.82, 2.24) is 10.3 Å². The summed E-state index contributed by atoms with van der Waals surface area (Å²) in [6.45, 7) is 0.760. The van der Waals surface area contributed by atoms with Crippen LogP contribution >= 0.6 is 0 Å². The molecule has 1 aromatic rings. The Balaban J connectivity index is 1.77. The zero-order valence-electron chi connectivity index (χ0n) is 9.15. The molecule has 2 N–H and O–H groups in total. The van der Waals surface area contributed by atoms with Crippen molar-refractivity contribution in [2.45, 2.75) is 19.3 Å². The van der Waals surface area contributed by atoms with Gasteiger partial charge in [-0.1, -0.05) is 0 Å². The van der Waals surface area contributed by atoms with Gasteiger partial charge in [-0.15, -0.1) is 0 Å². The Hall–Kier alpha value is -1.42. The second-order valence-electron chi connectivity index (χ2n) is 4.47. The van der Waals surface area contributed by atoms with Gasteiger partial charge in [0.25, 0.3) is 0 Å². The van der Waals surface area contributed by atoms with Gasteiger partial charge in [-0.05, 0) is 30.5 Å². The highest BCUT2D eigenvalue weighted by Gasteiger charge is 2.41. The lowest BCUT2D eigenvalue weighted by molar-refractivity contribution is -0.120. The lowest BCUT2D eigenvalue weighted by Crippen LogP contribution is -2.32. The maximum Gasteiger partial charge on any atom is 0.224 e. The van der Waals surface area contributed by atoms with E-state index in [2.05, 4.69) is 10.3 Å². The molecule has 16 heavy (non-hydrogen) atoms. The summed E-state index contributed by atoms with van der Waals surface area (Å²) in [4.78, 5) is 15.5. The average molecular weight is 220 g/mol. The van der Waals surface area contributed by atoms with Gasteiger partial charge >= 0.3 is 0 Å². The number of amides is 1. The van der Waals surface area contributed by atoms with Crippen LogP contribution in [0.25, 0.3) is 0 Å². The molecule has 1 amide bonds. The van der Waals surface area contributed by atoms with Crippen molar-refractivity contribution in [3.05, 3.63) is 30.1 Å². The van der Waals surface area contributed by atoms with E-state index in [1.54, 1.807) is 12.4 Å². The second-order valence-corrected chi connectivity index (χ2v) is 4.47. The van der Waals surface area contributed by atoms with Crippen LogP contribution in [0.5, 0.6) is 0 Å². The number of carbonyl (C=O) groups excluding carboxylic acids is 1. The summed E-state index contributed by atoms with van der Waals surface area (Å²) >= 11 is 0. The molecule has 1 saturated carbocycles. The number of aliphatic hydroxyl groups excluding tert-OH is 1. The predicted octanol–water partition coefficient (Wildman–Crippen LogP) is 0.513. The van der Waals surface area contributed by atoms with Gasteiger partial charge in [0.15, 0.2) is 0 Å². The summed E-state index contributed by atoms with van der Waals surface area (Å²) in [5.41, 5.74) is 0.940. The zero-order chi connectivity index (χ0) is 11.4. The molecule has 1 fully saturated rings. The molecule has 0 radical (unpaired) electrons. The molecule has 86 valence electrons. The summed E-state index contributed by atoms with van der Waals surface area (Å²) < 4.78 is 0. The molecule has 1 heterocycles. The van der Waals surface area contributed by atoms with Crippen LogP contribution < -0.4 is 5.32 Å². The number of pyridine rings is 1. The molecular formula is C12H16N2O2. The highest BCUT2D eigenvalue weighted by atomic mass is 16.3. The van der Waals surface area contributed by atoms with Gasteiger partial charge in [0.2, 0.25) is 5.91 Å². The summed E-state index contributed by atoms with van der Waals surface area (Å²) in [6.07, 6.45) is 5.76. The lowest BCUT2D eigenvalue weighted by atomic mass is 10.1. The standard InChI is InChI=1S/C12H16N2O2/c15-9-12(3-4-12)8-14-11(16)7-10-1-5-13-6-2-10/h1-2,5-6,15H,3-4,7-9H2,(H,14,16). The molecule has 1 aromatic heterocycles. The Bertz CT molecular complexity index is 361. The molecule has 2 rings (SSSR count). The Morgan fingerprint density at radius 3 is 2.69 bits per heavy atom. The molecule has 0 atom stereocenters. The van der Waals surface area contributed by atoms with Gasteiger partial charge in [0.1, 0.15) is 0 Å². The van der Waals surface area contributed by atoms with Crippen molar-refractivity contribution in [1.29, 1.82) is 0 Å². The second kappa shape index (κ2) is 4.61. The molecule has 0 saturated heterocycles. The van der Waals surface area contributed by atoms with Gasteiger partial charge in [-0.3, -0.25) is 9.78 Å². The summed E-state index contributed by atoms with van der Waals surface area (Å²) in [7, 11) is 0. The first-order valence-corrected chi connectivity index (χ1v) is 5.51. The van der Waals surface area contributed by atoms with E-state index in [1.807, 2.05) is 12.1 Å². The van der Waals surface area contributed by atoms with Crippen LogP contribution in [0.1, 0.15) is 18.4 Å². The fourth-order valence-corrected chi connectivity index (χ4v) is 1.60. The van der Waals surface area contributed by atoms with Crippen LogP contribution in [0.2, 0.25) is 0 Å². The number of carbonyl (C=O) groups is 1. The minimum atomic E-state index is -0.0199. The van der Waals surface area contributed by atoms with E-state index in [0.29, 0.717) is 13.0 Å². The minimum Gasteiger partial charge on any atom is -0.396 e. The van der Waals surface area contributed by atoms with Crippen LogP contribution in [0.15, 0.2) is 24.5 Å². The van der Waals surface area contributed by atoms with E-state index in [0.717, 1.165) is 18.4 Å². The highest BCUT2D eigenvalue weighted by Crippen LogP contribution is 2.44. The third-order valence-electron chi connectivity index (χ3n) is 3.07. The normalized spacial score (nSPS) is 16.8. The molecule has 0 unspecified atom stereocenters. The van der Waals surface area contributed by atoms with Gasteiger partial charge in [0.05, 0.1) is 13.0 Å². The van der Waals surface area contributed by atoms with E-state index >= 15 is 0 Å². The maximum absolute atomic E-state index is 11.6. The third-order valence-corrected chi connectivity index (χ3v) is 3.07. The van der Waals surface area contributed by atoms with Crippen molar-refractivity contribution in [2.24, 2.45) is 5.41 Å². The average Bonchev–Trinajstić information content (AvgIpc) is 3.09. The monoisotopic (exact) mass is 220 g/mol. The zero-order valence-corrected chi connectivity index (χ0v) is 9.15. The lowest BCUT2D eigenvalue weighted by Gasteiger charge is -2.12. The van der Waals surface area contributed by atoms with Crippen molar-refractivity contribution in [3.63, 3.8) is 0 Å². The SMILES string of the molecule is O=C(Cc1ccncc1)NCC1(CO)CC1. The molecule has 0 aromatic carbocycles. The number of nitrogens with one attached hydrogen (secondary N) is 1. The molecule has 1 aliphatic rings. The predicted molar refractivity (Wildman–Crippen MR) is 59.7 cm³/mol. The third kappa shape index (κ3) is 2.79. The van der Waals surface area contributed by atoms with E-state index in [4.69, 9.17) is 5.11 Å². The van der Waals surface area contributed by atoms with Gasteiger partial charge in [-0.25, -0.2) is 0 Å². The van der Waals surface area contributed by atoms with Crippen LogP contribution in [0.4, 0.5) is 0 Å². The minimum absolute atomic E-state index is 0.00549. The highest BCUT2D eigenvalue weighted by molar-refractivity contribution is 5.78. The smallest absolute Gasteiger partial charge is 0.224 e. The first kappa shape index (κ1) is 11.1. The van der Waals surface area contributed by atoms with Crippen molar-refractivity contribution in [3.8, 4) is 0 Å². The van der Waals surface area contributed by atoms with Crippen LogP contribution in [0, 0.1) is 5.41 Å². The van der Waals surface area contributed by atoms with Crippen molar-refractivity contribution < 1.29 is 9.90 Å². The summed E-state index contributed by atoms with van der Waals surface area (Å²) in [5, 5.41) is 12.0. The number of aromatic nitrogens is 1. The number of rotatable bonds is 5. The van der Waals surface area contributed by atoms with Crippen LogP contribution in [-0.4, -0.2) is 29.1 Å².